The predicted octanol–water partition coefficient (Wildman–Crippen LogP) is 7.19. The van der Waals surface area contributed by atoms with Gasteiger partial charge in [-0.1, -0.05) is 52.0 Å². The second-order valence-electron chi connectivity index (χ2n) is 6.57. The van der Waals surface area contributed by atoms with Gasteiger partial charge in [-0.25, -0.2) is 4.79 Å². The fourth-order valence-electron chi connectivity index (χ4n) is 2.75. The number of carbonyl (C=O) groups excluding carboxylic acids is 1. The van der Waals surface area contributed by atoms with Crippen LogP contribution in [0.1, 0.15) is 63.7 Å². The normalized spacial score (nSPS) is 11.2. The van der Waals surface area contributed by atoms with E-state index in [9.17, 15) is 4.79 Å². The van der Waals surface area contributed by atoms with E-state index in [1.54, 1.807) is 0 Å². The van der Waals surface area contributed by atoms with Gasteiger partial charge in [0.25, 0.3) is 0 Å². The molecule has 0 bridgehead atoms. The molecule has 3 heteroatoms. The van der Waals surface area contributed by atoms with Crippen molar-refractivity contribution < 1.29 is 9.53 Å². The van der Waals surface area contributed by atoms with Gasteiger partial charge in [0, 0.05) is 15.8 Å². The molecule has 0 atom stereocenters. The lowest BCUT2D eigenvalue weighted by Crippen LogP contribution is -2.03. The van der Waals surface area contributed by atoms with Gasteiger partial charge in [-0.05, 0) is 61.2 Å². The molecule has 0 radical (unpaired) electrons. The molecule has 0 unspecified atom stereocenters. The number of esters is 1. The third-order valence-electron chi connectivity index (χ3n) is 4.25. The Morgan fingerprint density at radius 1 is 0.962 bits per heavy atom. The Hall–Kier alpha value is -1.87. The molecule has 1 aromatic carbocycles. The summed E-state index contributed by atoms with van der Waals surface area (Å²) in [5.41, 5.74) is 1.17. The first-order valence-electron chi connectivity index (χ1n) is 9.80. The van der Waals surface area contributed by atoms with Crippen molar-refractivity contribution in [2.75, 3.05) is 0 Å². The van der Waals surface area contributed by atoms with E-state index in [1.165, 1.54) is 59.9 Å². The number of rotatable bonds is 11. The fourth-order valence-corrected chi connectivity index (χ4v) is 3.81. The number of aryl methyl sites for hydroxylation is 1. The van der Waals surface area contributed by atoms with Crippen molar-refractivity contribution in [1.82, 2.24) is 0 Å². The number of thiophene rings is 1. The second kappa shape index (κ2) is 11.7. The summed E-state index contributed by atoms with van der Waals surface area (Å²) >= 11 is 1.86. The molecular weight excluding hydrogens is 340 g/mol. The molecule has 2 aromatic rings. The Morgan fingerprint density at radius 3 is 2.46 bits per heavy atom. The molecule has 0 saturated heterocycles. The van der Waals surface area contributed by atoms with Crippen LogP contribution in [0.25, 0.3) is 10.4 Å². The van der Waals surface area contributed by atoms with Crippen LogP contribution in [0.15, 0.2) is 48.6 Å². The van der Waals surface area contributed by atoms with E-state index in [0.29, 0.717) is 5.75 Å². The van der Waals surface area contributed by atoms with E-state index in [4.69, 9.17) is 4.74 Å². The Morgan fingerprint density at radius 2 is 1.73 bits per heavy atom. The van der Waals surface area contributed by atoms with Crippen LogP contribution in [-0.4, -0.2) is 5.97 Å². The van der Waals surface area contributed by atoms with Crippen LogP contribution in [0.4, 0.5) is 0 Å². The first-order valence-corrected chi connectivity index (χ1v) is 10.6. The lowest BCUT2D eigenvalue weighted by molar-refractivity contribution is -0.129. The Kier molecular flexibility index (Phi) is 9.19. The van der Waals surface area contributed by atoms with E-state index in [1.807, 2.05) is 41.7 Å². The van der Waals surface area contributed by atoms with Crippen LogP contribution >= 0.6 is 11.3 Å². The highest BCUT2D eigenvalue weighted by Crippen LogP contribution is 2.30. The molecule has 0 N–H and O–H groups in total. The molecule has 0 aliphatic heterocycles. The van der Waals surface area contributed by atoms with Gasteiger partial charge >= 0.3 is 5.97 Å². The molecule has 0 saturated carbocycles. The number of benzene rings is 1. The molecule has 0 fully saturated rings. The average molecular weight is 371 g/mol. The van der Waals surface area contributed by atoms with Crippen LogP contribution < -0.4 is 4.74 Å². The molecule has 1 heterocycles. The summed E-state index contributed by atoms with van der Waals surface area (Å²) in [6.45, 7) is 4.33. The van der Waals surface area contributed by atoms with Crippen molar-refractivity contribution in [3.8, 4) is 16.2 Å². The van der Waals surface area contributed by atoms with E-state index in [0.717, 1.165) is 12.8 Å². The zero-order valence-corrected chi connectivity index (χ0v) is 16.8. The van der Waals surface area contributed by atoms with Crippen molar-refractivity contribution >= 4 is 17.3 Å². The quantitative estimate of drug-likeness (QED) is 0.181. The summed E-state index contributed by atoms with van der Waals surface area (Å²) in [5, 5.41) is 0. The largest absolute Gasteiger partial charge is 0.423 e. The number of hydrogen-bond donors (Lipinski definition) is 0. The monoisotopic (exact) mass is 370 g/mol. The zero-order chi connectivity index (χ0) is 18.6. The molecular formula is C23H30O2S. The van der Waals surface area contributed by atoms with E-state index < -0.39 is 0 Å². The molecule has 0 aliphatic carbocycles. The van der Waals surface area contributed by atoms with Gasteiger partial charge in [0.2, 0.25) is 0 Å². The number of ether oxygens (including phenoxy) is 1. The van der Waals surface area contributed by atoms with Gasteiger partial charge in [-0.2, -0.15) is 0 Å². The van der Waals surface area contributed by atoms with Crippen LogP contribution in [0.2, 0.25) is 0 Å². The number of unbranched alkanes of at least 4 members (excludes halogenated alkanes) is 5. The van der Waals surface area contributed by atoms with Crippen molar-refractivity contribution in [1.29, 1.82) is 0 Å². The highest BCUT2D eigenvalue weighted by atomic mass is 32.1. The first-order chi connectivity index (χ1) is 12.7. The Labute approximate surface area is 161 Å². The average Bonchev–Trinajstić information content (AvgIpc) is 3.11. The summed E-state index contributed by atoms with van der Waals surface area (Å²) in [4.78, 5) is 14.4. The molecule has 0 amide bonds. The van der Waals surface area contributed by atoms with Crippen LogP contribution in [0, 0.1) is 0 Å². The topological polar surface area (TPSA) is 26.3 Å². The minimum atomic E-state index is -0.312. The number of hydrogen-bond acceptors (Lipinski definition) is 3. The highest BCUT2D eigenvalue weighted by molar-refractivity contribution is 7.15. The number of allylic oxidation sites excluding steroid dienone is 1. The van der Waals surface area contributed by atoms with Gasteiger partial charge in [0.15, 0.2) is 0 Å². The van der Waals surface area contributed by atoms with Crippen LogP contribution in [-0.2, 0) is 11.2 Å². The van der Waals surface area contributed by atoms with Crippen molar-refractivity contribution in [3.63, 3.8) is 0 Å². The van der Waals surface area contributed by atoms with E-state index >= 15 is 0 Å². The summed E-state index contributed by atoms with van der Waals surface area (Å²) < 4.78 is 5.32. The van der Waals surface area contributed by atoms with Crippen molar-refractivity contribution in [2.45, 2.75) is 65.2 Å². The molecule has 140 valence electrons. The summed E-state index contributed by atoms with van der Waals surface area (Å²) in [6, 6.07) is 12.2. The maximum Gasteiger partial charge on any atom is 0.335 e. The van der Waals surface area contributed by atoms with Crippen LogP contribution in [0.3, 0.4) is 0 Å². The van der Waals surface area contributed by atoms with Gasteiger partial charge in [0.1, 0.15) is 5.75 Å². The molecule has 0 aliphatic rings. The van der Waals surface area contributed by atoms with Gasteiger partial charge in [-0.15, -0.1) is 11.3 Å². The molecule has 2 rings (SSSR count). The lowest BCUT2D eigenvalue weighted by atomic mass is 10.1. The van der Waals surface area contributed by atoms with Crippen LogP contribution in [0.5, 0.6) is 5.75 Å². The second-order valence-corrected chi connectivity index (χ2v) is 7.74. The maximum atomic E-state index is 11.7. The molecule has 2 nitrogen and oxygen atoms in total. The Balaban J connectivity index is 1.85. The maximum absolute atomic E-state index is 11.7. The lowest BCUT2D eigenvalue weighted by Gasteiger charge is -2.03. The molecule has 26 heavy (non-hydrogen) atoms. The smallest absolute Gasteiger partial charge is 0.335 e. The van der Waals surface area contributed by atoms with E-state index in [2.05, 4.69) is 26.0 Å². The third kappa shape index (κ3) is 7.17. The van der Waals surface area contributed by atoms with E-state index in [-0.39, 0.29) is 5.97 Å². The number of carbonyl (C=O) groups is 1. The van der Waals surface area contributed by atoms with Crippen molar-refractivity contribution in [3.05, 3.63) is 53.4 Å². The summed E-state index contributed by atoms with van der Waals surface area (Å²) in [7, 11) is 0. The SMILES string of the molecule is CCCC=CC(=O)Oc1ccc(-c2ccc(CCCCCCC)s2)cc1. The molecule has 0 spiro atoms. The summed E-state index contributed by atoms with van der Waals surface area (Å²) in [6.07, 6.45) is 13.1. The fraction of sp³-hybridized carbons (Fsp3) is 0.435. The van der Waals surface area contributed by atoms with Gasteiger partial charge in [0.05, 0.1) is 0 Å². The predicted molar refractivity (Wildman–Crippen MR) is 112 cm³/mol. The third-order valence-corrected chi connectivity index (χ3v) is 5.45. The highest BCUT2D eigenvalue weighted by Gasteiger charge is 2.05. The Bertz CT molecular complexity index is 682. The summed E-state index contributed by atoms with van der Waals surface area (Å²) in [5.74, 6) is 0.278. The van der Waals surface area contributed by atoms with Gasteiger partial charge < -0.3 is 4.74 Å². The standard InChI is InChI=1S/C23H30O2S/c1-3-5-7-8-10-11-21-17-18-22(26-21)19-13-15-20(16-14-19)25-23(24)12-9-6-4-2/h9,12-18H,3-8,10-11H2,1-2H3. The molecule has 1 aromatic heterocycles. The van der Waals surface area contributed by atoms with Crippen molar-refractivity contribution in [2.24, 2.45) is 0 Å². The minimum Gasteiger partial charge on any atom is -0.423 e. The minimum absolute atomic E-state index is 0.312. The van der Waals surface area contributed by atoms with Gasteiger partial charge in [-0.3, -0.25) is 0 Å². The first kappa shape index (κ1) is 20.4. The zero-order valence-electron chi connectivity index (χ0n) is 16.0.